The fraction of sp³-hybridized carbons (Fsp3) is 0.933. The van der Waals surface area contributed by atoms with Gasteiger partial charge in [0.15, 0.2) is 0 Å². The van der Waals surface area contributed by atoms with Gasteiger partial charge in [0, 0.05) is 0 Å². The fourth-order valence-corrected chi connectivity index (χ4v) is 4.33. The molecule has 0 aromatic heterocycles. The summed E-state index contributed by atoms with van der Waals surface area (Å²) >= 11 is 0. The molecule has 186 valence electrons. The van der Waals surface area contributed by atoms with Gasteiger partial charge in [-0.15, -0.1) is 0 Å². The molecule has 31 heavy (non-hydrogen) atoms. The normalized spacial score (nSPS) is 11.5. The van der Waals surface area contributed by atoms with Crippen molar-refractivity contribution in [2.45, 2.75) is 174 Å². The summed E-state index contributed by atoms with van der Waals surface area (Å²) in [6.45, 7) is 5.49. The second kappa shape index (κ2) is 29.5. The van der Waals surface area contributed by atoms with E-state index in [1.165, 1.54) is 161 Å². The van der Waals surface area contributed by atoms with Crippen LogP contribution >= 0.6 is 0 Å². The van der Waals surface area contributed by atoms with E-state index in [0.717, 1.165) is 6.61 Å². The topological polar surface area (TPSA) is 9.23 Å². The minimum atomic E-state index is 0.909. The van der Waals surface area contributed by atoms with Crippen molar-refractivity contribution < 1.29 is 4.74 Å². The molecule has 0 fully saturated rings. The summed E-state index contributed by atoms with van der Waals surface area (Å²) < 4.78 is 5.64. The number of hydrogen-bond donors (Lipinski definition) is 0. The first-order valence-electron chi connectivity index (χ1n) is 14.7. The lowest BCUT2D eigenvalue weighted by molar-refractivity contribution is 0.239. The maximum Gasteiger partial charge on any atom is 0.0873 e. The van der Waals surface area contributed by atoms with Crippen molar-refractivity contribution in [3.63, 3.8) is 0 Å². The predicted molar refractivity (Wildman–Crippen MR) is 142 cm³/mol. The minimum absolute atomic E-state index is 0.909. The fourth-order valence-electron chi connectivity index (χ4n) is 4.33. The van der Waals surface area contributed by atoms with Gasteiger partial charge < -0.3 is 4.74 Å². The smallest absolute Gasteiger partial charge is 0.0873 e. The molecule has 0 bridgehead atoms. The highest BCUT2D eigenvalue weighted by Crippen LogP contribution is 2.14. The summed E-state index contributed by atoms with van der Waals surface area (Å²) in [7, 11) is 0. The molecule has 0 saturated carbocycles. The number of unbranched alkanes of at least 4 members (excludes halogenated alkanes) is 23. The van der Waals surface area contributed by atoms with Gasteiger partial charge >= 0.3 is 0 Å². The molecule has 0 heterocycles. The third kappa shape index (κ3) is 29.5. The Morgan fingerprint density at radius 3 is 1.10 bits per heavy atom. The molecule has 0 saturated heterocycles. The summed E-state index contributed by atoms with van der Waals surface area (Å²) in [5.41, 5.74) is 0. The lowest BCUT2D eigenvalue weighted by Gasteiger charge is -2.04. The quantitative estimate of drug-likeness (QED) is 0.0918. The van der Waals surface area contributed by atoms with Gasteiger partial charge in [-0.05, 0) is 25.3 Å². The average Bonchev–Trinajstić information content (AvgIpc) is 2.78. The van der Waals surface area contributed by atoms with Gasteiger partial charge in [0.2, 0.25) is 0 Å². The number of allylic oxidation sites excluding steroid dienone is 1. The van der Waals surface area contributed by atoms with Crippen LogP contribution in [0.3, 0.4) is 0 Å². The zero-order valence-corrected chi connectivity index (χ0v) is 21.9. The van der Waals surface area contributed by atoms with Crippen LogP contribution in [0.25, 0.3) is 0 Å². The van der Waals surface area contributed by atoms with E-state index in [9.17, 15) is 0 Å². The van der Waals surface area contributed by atoms with Crippen molar-refractivity contribution >= 4 is 0 Å². The molecular formula is C30H60O. The molecular weight excluding hydrogens is 376 g/mol. The van der Waals surface area contributed by atoms with Gasteiger partial charge in [0.25, 0.3) is 0 Å². The zero-order chi connectivity index (χ0) is 22.5. The Morgan fingerprint density at radius 2 is 0.710 bits per heavy atom. The third-order valence-corrected chi connectivity index (χ3v) is 6.53. The van der Waals surface area contributed by atoms with E-state index in [1.54, 1.807) is 0 Å². The number of ether oxygens (including phenoxy) is 1. The third-order valence-electron chi connectivity index (χ3n) is 6.53. The highest BCUT2D eigenvalue weighted by atomic mass is 16.5. The van der Waals surface area contributed by atoms with Crippen molar-refractivity contribution in [3.8, 4) is 0 Å². The summed E-state index contributed by atoms with van der Waals surface area (Å²) in [6, 6.07) is 0. The SMILES string of the molecule is CCCCCCCCCCC=COCCCCCCCCCCCCCCCCCC. The lowest BCUT2D eigenvalue weighted by atomic mass is 10.0. The molecule has 0 rings (SSSR count). The molecule has 0 aliphatic heterocycles. The maximum absolute atomic E-state index is 5.64. The van der Waals surface area contributed by atoms with E-state index in [0.29, 0.717) is 0 Å². The monoisotopic (exact) mass is 436 g/mol. The molecule has 0 amide bonds. The minimum Gasteiger partial charge on any atom is -0.502 e. The van der Waals surface area contributed by atoms with Crippen molar-refractivity contribution in [2.75, 3.05) is 6.61 Å². The maximum atomic E-state index is 5.64. The Hall–Kier alpha value is -0.460. The van der Waals surface area contributed by atoms with Crippen molar-refractivity contribution in [1.82, 2.24) is 0 Å². The standard InChI is InChI=1S/C30H60O/c1-3-5-7-9-11-13-15-16-17-18-19-20-22-24-26-28-30-31-29-27-25-23-21-14-12-10-8-6-4-2/h27,29H,3-26,28,30H2,1-2H3. The van der Waals surface area contributed by atoms with Gasteiger partial charge in [-0.2, -0.15) is 0 Å². The molecule has 0 N–H and O–H groups in total. The van der Waals surface area contributed by atoms with Crippen LogP contribution in [-0.4, -0.2) is 6.61 Å². The Kier molecular flexibility index (Phi) is 29.1. The van der Waals surface area contributed by atoms with Gasteiger partial charge in [0.05, 0.1) is 12.9 Å². The van der Waals surface area contributed by atoms with E-state index in [4.69, 9.17) is 4.74 Å². The van der Waals surface area contributed by atoms with E-state index >= 15 is 0 Å². The van der Waals surface area contributed by atoms with Crippen LogP contribution in [0.1, 0.15) is 174 Å². The molecule has 1 nitrogen and oxygen atoms in total. The van der Waals surface area contributed by atoms with E-state index in [-0.39, 0.29) is 0 Å². The molecule has 0 unspecified atom stereocenters. The molecule has 0 aromatic rings. The van der Waals surface area contributed by atoms with Gasteiger partial charge in [0.1, 0.15) is 0 Å². The number of hydrogen-bond acceptors (Lipinski definition) is 1. The molecule has 0 aliphatic carbocycles. The first-order chi connectivity index (χ1) is 15.4. The summed E-state index contributed by atoms with van der Waals surface area (Å²) in [5, 5.41) is 0. The van der Waals surface area contributed by atoms with E-state index < -0.39 is 0 Å². The molecule has 0 radical (unpaired) electrons. The summed E-state index contributed by atoms with van der Waals surface area (Å²) in [4.78, 5) is 0. The van der Waals surface area contributed by atoms with Crippen LogP contribution in [0.4, 0.5) is 0 Å². The van der Waals surface area contributed by atoms with E-state index in [2.05, 4.69) is 19.9 Å². The second-order valence-electron chi connectivity index (χ2n) is 9.81. The first-order valence-corrected chi connectivity index (χ1v) is 14.7. The van der Waals surface area contributed by atoms with Crippen LogP contribution < -0.4 is 0 Å². The van der Waals surface area contributed by atoms with Crippen LogP contribution in [0, 0.1) is 0 Å². The van der Waals surface area contributed by atoms with Gasteiger partial charge in [-0.1, -0.05) is 155 Å². The first kappa shape index (κ1) is 30.5. The largest absolute Gasteiger partial charge is 0.502 e. The highest BCUT2D eigenvalue weighted by molar-refractivity contribution is 4.73. The van der Waals surface area contributed by atoms with Crippen molar-refractivity contribution in [2.24, 2.45) is 0 Å². The van der Waals surface area contributed by atoms with Gasteiger partial charge in [-0.25, -0.2) is 0 Å². The molecule has 1 heteroatoms. The Bertz CT molecular complexity index is 322. The van der Waals surface area contributed by atoms with Crippen molar-refractivity contribution in [3.05, 3.63) is 12.3 Å². The summed E-state index contributed by atoms with van der Waals surface area (Å²) in [5.74, 6) is 0. The second-order valence-corrected chi connectivity index (χ2v) is 9.81. The Morgan fingerprint density at radius 1 is 0.387 bits per heavy atom. The summed E-state index contributed by atoms with van der Waals surface area (Å²) in [6.07, 6.45) is 39.4. The Labute approximate surface area is 198 Å². The van der Waals surface area contributed by atoms with Crippen LogP contribution in [0.5, 0.6) is 0 Å². The van der Waals surface area contributed by atoms with Crippen LogP contribution in [-0.2, 0) is 4.74 Å². The number of rotatable bonds is 27. The van der Waals surface area contributed by atoms with Crippen LogP contribution in [0.2, 0.25) is 0 Å². The average molecular weight is 437 g/mol. The Balaban J connectivity index is 3.05. The predicted octanol–water partition coefficient (Wildman–Crippen LogP) is 11.3. The van der Waals surface area contributed by atoms with Gasteiger partial charge in [-0.3, -0.25) is 0 Å². The van der Waals surface area contributed by atoms with E-state index in [1.807, 2.05) is 6.26 Å². The zero-order valence-electron chi connectivity index (χ0n) is 21.9. The molecule has 0 aliphatic rings. The lowest BCUT2D eigenvalue weighted by Crippen LogP contribution is -1.88. The molecule has 0 spiro atoms. The molecule has 0 aromatic carbocycles. The molecule has 0 atom stereocenters. The van der Waals surface area contributed by atoms with Crippen molar-refractivity contribution in [1.29, 1.82) is 0 Å². The highest BCUT2D eigenvalue weighted by Gasteiger charge is 1.95. The van der Waals surface area contributed by atoms with Crippen LogP contribution in [0.15, 0.2) is 12.3 Å².